The first-order valence-electron chi connectivity index (χ1n) is 10.6. The minimum absolute atomic E-state index is 0.0621. The van der Waals surface area contributed by atoms with E-state index >= 15 is 0 Å². The van der Waals surface area contributed by atoms with Crippen LogP contribution < -0.4 is 0 Å². The molecule has 0 spiro atoms. The van der Waals surface area contributed by atoms with E-state index in [0.717, 1.165) is 4.90 Å². The van der Waals surface area contributed by atoms with Gasteiger partial charge in [0.25, 0.3) is 5.91 Å². The summed E-state index contributed by atoms with van der Waals surface area (Å²) in [6.45, 7) is 14.1. The number of carboxylic acid groups (broad SMARTS) is 1. The van der Waals surface area contributed by atoms with Crippen molar-refractivity contribution in [3.8, 4) is 0 Å². The molecule has 1 N–H and O–H groups in total. The Hall–Kier alpha value is -2.32. The minimum atomic E-state index is -1.20. The molecule has 0 saturated heterocycles. The van der Waals surface area contributed by atoms with Gasteiger partial charge >= 0.3 is 18.0 Å². The van der Waals surface area contributed by atoms with E-state index in [9.17, 15) is 24.3 Å². The molecule has 0 aliphatic rings. The van der Waals surface area contributed by atoms with Crippen LogP contribution in [0.4, 0.5) is 4.79 Å². The monoisotopic (exact) mass is 444 g/mol. The fourth-order valence-electron chi connectivity index (χ4n) is 2.93. The van der Waals surface area contributed by atoms with Crippen LogP contribution in [-0.2, 0) is 23.9 Å². The van der Waals surface area contributed by atoms with Gasteiger partial charge in [-0.3, -0.25) is 9.69 Å². The summed E-state index contributed by atoms with van der Waals surface area (Å²) in [6, 6.07) is -1.97. The summed E-state index contributed by atoms with van der Waals surface area (Å²) in [5.41, 5.74) is -0.730. The normalized spacial score (nSPS) is 14.6. The summed E-state index contributed by atoms with van der Waals surface area (Å²) in [5, 5.41) is 9.46. The van der Waals surface area contributed by atoms with E-state index in [-0.39, 0.29) is 18.3 Å². The third-order valence-corrected chi connectivity index (χ3v) is 4.55. The molecule has 180 valence electrons. The molecular formula is C22H40N2O7. The molecule has 3 atom stereocenters. The molecule has 2 amide bonds. The van der Waals surface area contributed by atoms with Crippen molar-refractivity contribution < 1.29 is 33.8 Å². The van der Waals surface area contributed by atoms with Gasteiger partial charge in [-0.1, -0.05) is 27.7 Å². The fraction of sp³-hybridized carbons (Fsp3) is 0.818. The van der Waals surface area contributed by atoms with Crippen LogP contribution in [0.5, 0.6) is 0 Å². The third-order valence-electron chi connectivity index (χ3n) is 4.55. The standard InChI is InChI=1S/C22H40N2O7/c1-13(2)11-16(19(26)27)23(9)18(25)15(5)30-20(28)17(12-14(3)4)24(10)21(29)31-22(6,7)8/h13-17H,11-12H2,1-10H3,(H,26,27)/t15-,16+,17+/m1/s1. The van der Waals surface area contributed by atoms with Crippen LogP contribution in [0.2, 0.25) is 0 Å². The van der Waals surface area contributed by atoms with Crippen molar-refractivity contribution in [2.45, 2.75) is 92.0 Å². The molecule has 9 nitrogen and oxygen atoms in total. The highest BCUT2D eigenvalue weighted by Gasteiger charge is 2.36. The first kappa shape index (κ1) is 28.7. The number of amides is 2. The van der Waals surface area contributed by atoms with Crippen molar-refractivity contribution in [2.24, 2.45) is 11.8 Å². The fourth-order valence-corrected chi connectivity index (χ4v) is 2.93. The maximum Gasteiger partial charge on any atom is 0.410 e. The number of esters is 1. The Labute approximate surface area is 186 Å². The summed E-state index contributed by atoms with van der Waals surface area (Å²) < 4.78 is 10.7. The Morgan fingerprint density at radius 2 is 1.29 bits per heavy atom. The zero-order chi connectivity index (χ0) is 24.7. The second-order valence-electron chi connectivity index (χ2n) is 9.75. The van der Waals surface area contributed by atoms with E-state index < -0.39 is 47.7 Å². The molecule has 0 aromatic heterocycles. The topological polar surface area (TPSA) is 113 Å². The van der Waals surface area contributed by atoms with Crippen molar-refractivity contribution in [2.75, 3.05) is 14.1 Å². The number of ether oxygens (including phenoxy) is 2. The summed E-state index contributed by atoms with van der Waals surface area (Å²) in [4.78, 5) is 51.8. The first-order chi connectivity index (χ1) is 14.0. The van der Waals surface area contributed by atoms with E-state index in [0.29, 0.717) is 6.42 Å². The average molecular weight is 445 g/mol. The Morgan fingerprint density at radius 1 is 0.839 bits per heavy atom. The lowest BCUT2D eigenvalue weighted by Gasteiger charge is -2.32. The predicted octanol–water partition coefficient (Wildman–Crippen LogP) is 3.16. The highest BCUT2D eigenvalue weighted by Crippen LogP contribution is 2.18. The molecule has 0 bridgehead atoms. The summed E-state index contributed by atoms with van der Waals surface area (Å²) >= 11 is 0. The number of rotatable bonds is 10. The molecule has 0 heterocycles. The highest BCUT2D eigenvalue weighted by molar-refractivity contribution is 5.89. The molecule has 0 rings (SSSR count). The van der Waals surface area contributed by atoms with Crippen LogP contribution in [0.25, 0.3) is 0 Å². The van der Waals surface area contributed by atoms with Gasteiger partial charge in [-0.25, -0.2) is 14.4 Å². The molecule has 0 radical (unpaired) electrons. The molecule has 0 saturated carbocycles. The van der Waals surface area contributed by atoms with E-state index in [4.69, 9.17) is 9.47 Å². The Kier molecular flexibility index (Phi) is 11.0. The number of hydrogen-bond acceptors (Lipinski definition) is 6. The predicted molar refractivity (Wildman–Crippen MR) is 116 cm³/mol. The van der Waals surface area contributed by atoms with Crippen molar-refractivity contribution in [1.82, 2.24) is 9.80 Å². The molecule has 0 aliphatic heterocycles. The van der Waals surface area contributed by atoms with E-state index in [1.165, 1.54) is 25.9 Å². The zero-order valence-corrected chi connectivity index (χ0v) is 20.6. The molecule has 0 fully saturated rings. The zero-order valence-electron chi connectivity index (χ0n) is 20.6. The van der Waals surface area contributed by atoms with Crippen molar-refractivity contribution >= 4 is 23.9 Å². The van der Waals surface area contributed by atoms with Gasteiger partial charge in [-0.2, -0.15) is 0 Å². The lowest BCUT2D eigenvalue weighted by molar-refractivity contribution is -0.165. The largest absolute Gasteiger partial charge is 0.480 e. The molecule has 0 aliphatic carbocycles. The third kappa shape index (κ3) is 10.0. The lowest BCUT2D eigenvalue weighted by atomic mass is 10.0. The minimum Gasteiger partial charge on any atom is -0.480 e. The molecule has 31 heavy (non-hydrogen) atoms. The number of carboxylic acids is 1. The quantitative estimate of drug-likeness (QED) is 0.515. The van der Waals surface area contributed by atoms with Crippen LogP contribution in [0.15, 0.2) is 0 Å². The Morgan fingerprint density at radius 3 is 1.68 bits per heavy atom. The Bertz CT molecular complexity index is 640. The maximum absolute atomic E-state index is 12.9. The SMILES string of the molecule is CC(C)C[C@@H](C(=O)O[C@H](C)C(=O)N(C)[C@@H](CC(C)C)C(=O)O)N(C)C(=O)OC(C)(C)C. The summed E-state index contributed by atoms with van der Waals surface area (Å²) in [5.74, 6) is -2.35. The number of likely N-dealkylation sites (N-methyl/N-ethyl adjacent to an activating group) is 2. The highest BCUT2D eigenvalue weighted by atomic mass is 16.6. The van der Waals surface area contributed by atoms with Crippen LogP contribution in [0.1, 0.15) is 68.2 Å². The average Bonchev–Trinajstić information content (AvgIpc) is 2.60. The van der Waals surface area contributed by atoms with Crippen LogP contribution in [0, 0.1) is 11.8 Å². The van der Waals surface area contributed by atoms with Gasteiger partial charge in [-0.05, 0) is 52.4 Å². The number of aliphatic carboxylic acids is 1. The summed E-state index contributed by atoms with van der Waals surface area (Å²) in [7, 11) is 2.83. The smallest absolute Gasteiger partial charge is 0.410 e. The number of hydrogen-bond donors (Lipinski definition) is 1. The molecule has 0 unspecified atom stereocenters. The maximum atomic E-state index is 12.9. The van der Waals surface area contributed by atoms with Gasteiger partial charge in [-0.15, -0.1) is 0 Å². The van der Waals surface area contributed by atoms with Crippen molar-refractivity contribution in [3.63, 3.8) is 0 Å². The van der Waals surface area contributed by atoms with Crippen LogP contribution >= 0.6 is 0 Å². The van der Waals surface area contributed by atoms with Gasteiger partial charge in [0, 0.05) is 14.1 Å². The van der Waals surface area contributed by atoms with Gasteiger partial charge in [0.05, 0.1) is 0 Å². The Balaban J connectivity index is 5.41. The van der Waals surface area contributed by atoms with Crippen LogP contribution in [-0.4, -0.2) is 76.7 Å². The van der Waals surface area contributed by atoms with Crippen molar-refractivity contribution in [1.29, 1.82) is 0 Å². The van der Waals surface area contributed by atoms with E-state index in [1.807, 2.05) is 27.7 Å². The van der Waals surface area contributed by atoms with E-state index in [1.54, 1.807) is 20.8 Å². The van der Waals surface area contributed by atoms with E-state index in [2.05, 4.69) is 0 Å². The van der Waals surface area contributed by atoms with Gasteiger partial charge < -0.3 is 19.5 Å². The van der Waals surface area contributed by atoms with Crippen LogP contribution in [0.3, 0.4) is 0 Å². The molecular weight excluding hydrogens is 404 g/mol. The van der Waals surface area contributed by atoms with Crippen molar-refractivity contribution in [3.05, 3.63) is 0 Å². The lowest BCUT2D eigenvalue weighted by Crippen LogP contribution is -2.50. The van der Waals surface area contributed by atoms with Gasteiger partial charge in [0.15, 0.2) is 6.10 Å². The molecule has 0 aromatic carbocycles. The number of carbonyl (C=O) groups is 4. The van der Waals surface area contributed by atoms with Gasteiger partial charge in [0.2, 0.25) is 0 Å². The first-order valence-corrected chi connectivity index (χ1v) is 10.6. The molecule has 0 aromatic rings. The molecule has 9 heteroatoms. The summed E-state index contributed by atoms with van der Waals surface area (Å²) in [6.07, 6.45) is -1.28. The van der Waals surface area contributed by atoms with Gasteiger partial charge in [0.1, 0.15) is 17.7 Å². The second-order valence-corrected chi connectivity index (χ2v) is 9.75. The second kappa shape index (κ2) is 11.9. The number of nitrogens with zero attached hydrogens (tertiary/aromatic N) is 2. The number of carbonyl (C=O) groups excluding carboxylic acids is 3.